The molecule has 0 N–H and O–H groups in total. The van der Waals surface area contributed by atoms with E-state index in [9.17, 15) is 9.18 Å². The van der Waals surface area contributed by atoms with Crippen molar-refractivity contribution < 1.29 is 9.18 Å². The Morgan fingerprint density at radius 2 is 2.11 bits per heavy atom. The summed E-state index contributed by atoms with van der Waals surface area (Å²) in [5.74, 6) is -0.280. The molecule has 1 aromatic carbocycles. The standard InChI is InChI=1S/C15H21FN2O/c1-11-9-13(16)5-6-14(11)15(19)18-8-4-7-17(3)10-12(18)2/h5-6,9,12H,4,7-8,10H2,1-3H3. The molecule has 19 heavy (non-hydrogen) atoms. The lowest BCUT2D eigenvalue weighted by Gasteiger charge is -2.28. The van der Waals surface area contributed by atoms with Gasteiger partial charge in [0.15, 0.2) is 0 Å². The first-order chi connectivity index (χ1) is 8.99. The zero-order chi connectivity index (χ0) is 14.0. The summed E-state index contributed by atoms with van der Waals surface area (Å²) < 4.78 is 13.1. The number of hydrogen-bond acceptors (Lipinski definition) is 2. The van der Waals surface area contributed by atoms with E-state index in [0.717, 1.165) is 26.1 Å². The molecule has 104 valence electrons. The molecule has 0 aliphatic carbocycles. The van der Waals surface area contributed by atoms with Gasteiger partial charge in [-0.15, -0.1) is 0 Å². The van der Waals surface area contributed by atoms with Crippen LogP contribution in [0.5, 0.6) is 0 Å². The Kier molecular flexibility index (Phi) is 4.20. The minimum Gasteiger partial charge on any atom is -0.335 e. The molecule has 1 saturated heterocycles. The lowest BCUT2D eigenvalue weighted by atomic mass is 10.1. The van der Waals surface area contributed by atoms with Gasteiger partial charge in [-0.1, -0.05) is 0 Å². The van der Waals surface area contributed by atoms with Crippen molar-refractivity contribution >= 4 is 5.91 Å². The van der Waals surface area contributed by atoms with Gasteiger partial charge >= 0.3 is 0 Å². The highest BCUT2D eigenvalue weighted by atomic mass is 19.1. The minimum atomic E-state index is -0.294. The Morgan fingerprint density at radius 3 is 2.79 bits per heavy atom. The van der Waals surface area contributed by atoms with E-state index in [1.165, 1.54) is 12.1 Å². The summed E-state index contributed by atoms with van der Waals surface area (Å²) in [6.45, 7) is 6.51. The van der Waals surface area contributed by atoms with Crippen LogP contribution >= 0.6 is 0 Å². The number of carbonyl (C=O) groups is 1. The Bertz CT molecular complexity index is 475. The highest BCUT2D eigenvalue weighted by Gasteiger charge is 2.25. The number of likely N-dealkylation sites (N-methyl/N-ethyl adjacent to an activating group) is 1. The van der Waals surface area contributed by atoms with Gasteiger partial charge in [0.1, 0.15) is 5.82 Å². The SMILES string of the molecule is Cc1cc(F)ccc1C(=O)N1CCCN(C)CC1C. The summed E-state index contributed by atoms with van der Waals surface area (Å²) >= 11 is 0. The Hall–Kier alpha value is -1.42. The molecular weight excluding hydrogens is 243 g/mol. The smallest absolute Gasteiger partial charge is 0.254 e. The van der Waals surface area contributed by atoms with Crippen molar-refractivity contribution in [2.75, 3.05) is 26.7 Å². The van der Waals surface area contributed by atoms with Crippen molar-refractivity contribution in [1.82, 2.24) is 9.80 Å². The predicted octanol–water partition coefficient (Wildman–Crippen LogP) is 2.30. The van der Waals surface area contributed by atoms with Gasteiger partial charge in [-0.2, -0.15) is 0 Å². The molecule has 1 atom stereocenters. The summed E-state index contributed by atoms with van der Waals surface area (Å²) in [5.41, 5.74) is 1.31. The van der Waals surface area contributed by atoms with E-state index >= 15 is 0 Å². The first-order valence-corrected chi connectivity index (χ1v) is 6.74. The number of nitrogens with zero attached hydrogens (tertiary/aromatic N) is 2. The van der Waals surface area contributed by atoms with Crippen LogP contribution in [0.15, 0.2) is 18.2 Å². The van der Waals surface area contributed by atoms with E-state index in [-0.39, 0.29) is 17.8 Å². The normalized spacial score (nSPS) is 21.3. The van der Waals surface area contributed by atoms with Gasteiger partial charge in [-0.3, -0.25) is 4.79 Å². The summed E-state index contributed by atoms with van der Waals surface area (Å²) in [6, 6.07) is 4.55. The topological polar surface area (TPSA) is 23.6 Å². The third-order valence-corrected chi connectivity index (χ3v) is 3.73. The van der Waals surface area contributed by atoms with Gasteiger partial charge in [-0.05, 0) is 57.6 Å². The van der Waals surface area contributed by atoms with Crippen LogP contribution in [0.4, 0.5) is 4.39 Å². The molecule has 0 bridgehead atoms. The van der Waals surface area contributed by atoms with Gasteiger partial charge < -0.3 is 9.80 Å². The van der Waals surface area contributed by atoms with E-state index in [2.05, 4.69) is 18.9 Å². The summed E-state index contributed by atoms with van der Waals surface area (Å²) in [6.07, 6.45) is 0.979. The molecule has 1 fully saturated rings. The number of benzene rings is 1. The van der Waals surface area contributed by atoms with Crippen LogP contribution in [0.2, 0.25) is 0 Å². The molecular formula is C15H21FN2O. The van der Waals surface area contributed by atoms with Gasteiger partial charge in [0, 0.05) is 24.7 Å². The predicted molar refractivity (Wildman–Crippen MR) is 73.7 cm³/mol. The minimum absolute atomic E-state index is 0.0142. The molecule has 0 saturated carbocycles. The second kappa shape index (κ2) is 5.70. The van der Waals surface area contributed by atoms with E-state index < -0.39 is 0 Å². The Labute approximate surface area is 114 Å². The van der Waals surface area contributed by atoms with E-state index in [0.29, 0.717) is 11.1 Å². The van der Waals surface area contributed by atoms with E-state index in [1.54, 1.807) is 13.0 Å². The summed E-state index contributed by atoms with van der Waals surface area (Å²) in [4.78, 5) is 16.7. The van der Waals surface area contributed by atoms with Crippen LogP contribution in [0.1, 0.15) is 29.3 Å². The van der Waals surface area contributed by atoms with Crippen molar-refractivity contribution in [2.45, 2.75) is 26.3 Å². The molecule has 1 heterocycles. The van der Waals surface area contributed by atoms with Crippen LogP contribution in [0.3, 0.4) is 0 Å². The van der Waals surface area contributed by atoms with Gasteiger partial charge in [0.25, 0.3) is 5.91 Å². The number of halogens is 1. The fourth-order valence-corrected chi connectivity index (χ4v) is 2.70. The molecule has 0 radical (unpaired) electrons. The molecule has 2 rings (SSSR count). The molecule has 1 unspecified atom stereocenters. The third-order valence-electron chi connectivity index (χ3n) is 3.73. The molecule has 3 nitrogen and oxygen atoms in total. The molecule has 4 heteroatoms. The van der Waals surface area contributed by atoms with Crippen molar-refractivity contribution in [3.05, 3.63) is 35.1 Å². The monoisotopic (exact) mass is 264 g/mol. The number of carbonyl (C=O) groups excluding carboxylic acids is 1. The van der Waals surface area contributed by atoms with Gasteiger partial charge in [0.05, 0.1) is 0 Å². The maximum absolute atomic E-state index is 13.1. The van der Waals surface area contributed by atoms with Crippen molar-refractivity contribution in [1.29, 1.82) is 0 Å². The van der Waals surface area contributed by atoms with Gasteiger partial charge in [0.2, 0.25) is 0 Å². The fraction of sp³-hybridized carbons (Fsp3) is 0.533. The first-order valence-electron chi connectivity index (χ1n) is 6.74. The number of amides is 1. The Balaban J connectivity index is 2.22. The molecule has 0 spiro atoms. The van der Waals surface area contributed by atoms with Crippen LogP contribution < -0.4 is 0 Å². The summed E-state index contributed by atoms with van der Waals surface area (Å²) in [7, 11) is 2.08. The second-order valence-corrected chi connectivity index (χ2v) is 5.42. The quantitative estimate of drug-likeness (QED) is 0.777. The van der Waals surface area contributed by atoms with E-state index in [4.69, 9.17) is 0 Å². The van der Waals surface area contributed by atoms with Crippen molar-refractivity contribution in [3.8, 4) is 0 Å². The maximum atomic E-state index is 13.1. The lowest BCUT2D eigenvalue weighted by Crippen LogP contribution is -2.42. The van der Waals surface area contributed by atoms with Crippen molar-refractivity contribution in [3.63, 3.8) is 0 Å². The van der Waals surface area contributed by atoms with Crippen molar-refractivity contribution in [2.24, 2.45) is 0 Å². The number of aryl methyl sites for hydroxylation is 1. The third kappa shape index (κ3) is 3.13. The molecule has 1 aliphatic heterocycles. The molecule has 1 amide bonds. The average Bonchev–Trinajstić information content (AvgIpc) is 2.49. The fourth-order valence-electron chi connectivity index (χ4n) is 2.70. The summed E-state index contributed by atoms with van der Waals surface area (Å²) in [5, 5.41) is 0. The average molecular weight is 264 g/mol. The molecule has 0 aromatic heterocycles. The Morgan fingerprint density at radius 1 is 1.37 bits per heavy atom. The number of rotatable bonds is 1. The van der Waals surface area contributed by atoms with Crippen LogP contribution in [-0.2, 0) is 0 Å². The molecule has 1 aromatic rings. The van der Waals surface area contributed by atoms with Crippen LogP contribution in [-0.4, -0.2) is 48.4 Å². The maximum Gasteiger partial charge on any atom is 0.254 e. The zero-order valence-corrected chi connectivity index (χ0v) is 11.8. The molecule has 1 aliphatic rings. The largest absolute Gasteiger partial charge is 0.335 e. The zero-order valence-electron chi connectivity index (χ0n) is 11.8. The van der Waals surface area contributed by atoms with Crippen LogP contribution in [0, 0.1) is 12.7 Å². The lowest BCUT2D eigenvalue weighted by molar-refractivity contribution is 0.0695. The first kappa shape index (κ1) is 14.0. The van der Waals surface area contributed by atoms with Gasteiger partial charge in [-0.25, -0.2) is 4.39 Å². The highest BCUT2D eigenvalue weighted by molar-refractivity contribution is 5.95. The van der Waals surface area contributed by atoms with Crippen LogP contribution in [0.25, 0.3) is 0 Å². The highest BCUT2D eigenvalue weighted by Crippen LogP contribution is 2.17. The van der Waals surface area contributed by atoms with E-state index in [1.807, 2.05) is 4.90 Å². The number of hydrogen-bond donors (Lipinski definition) is 0. The second-order valence-electron chi connectivity index (χ2n) is 5.42.